The molecule has 0 heterocycles. The summed E-state index contributed by atoms with van der Waals surface area (Å²) in [6.07, 6.45) is 0.166. The topological polar surface area (TPSA) is 55.8 Å². The highest BCUT2D eigenvalue weighted by atomic mass is 31.2. The second-order valence-electron chi connectivity index (χ2n) is 1.85. The Labute approximate surface area is 60.6 Å². The van der Waals surface area contributed by atoms with Crippen molar-refractivity contribution in [2.24, 2.45) is 0 Å². The van der Waals surface area contributed by atoms with Crippen LogP contribution in [0.1, 0.15) is 6.92 Å². The summed E-state index contributed by atoms with van der Waals surface area (Å²) >= 11 is 0. The maximum atomic E-state index is 11.1. The lowest BCUT2D eigenvalue weighted by Crippen LogP contribution is -2.14. The van der Waals surface area contributed by atoms with Crippen LogP contribution in [0.15, 0.2) is 0 Å². The summed E-state index contributed by atoms with van der Waals surface area (Å²) in [5.41, 5.74) is 0. The van der Waals surface area contributed by atoms with Gasteiger partial charge in [-0.2, -0.15) is 0 Å². The van der Waals surface area contributed by atoms with E-state index >= 15 is 0 Å². The van der Waals surface area contributed by atoms with Crippen LogP contribution in [0.5, 0.6) is 0 Å². The van der Waals surface area contributed by atoms with Gasteiger partial charge in [-0.3, -0.25) is 4.57 Å². The lowest BCUT2D eigenvalue weighted by Gasteiger charge is -2.17. The summed E-state index contributed by atoms with van der Waals surface area (Å²) in [4.78, 5) is 9.09. The Morgan fingerprint density at radius 3 is 2.00 bits per heavy atom. The molecule has 0 aliphatic heterocycles. The molecule has 4 nitrogen and oxygen atoms in total. The first-order valence-corrected chi connectivity index (χ1v) is 4.87. The molecule has 1 unspecified atom stereocenters. The molecule has 1 N–H and O–H groups in total. The first-order valence-electron chi connectivity index (χ1n) is 2.95. The average molecular weight is 168 g/mol. The molecule has 0 saturated carbocycles. The van der Waals surface area contributed by atoms with Gasteiger partial charge in [0.2, 0.25) is 6.03 Å². The van der Waals surface area contributed by atoms with E-state index in [9.17, 15) is 4.57 Å². The van der Waals surface area contributed by atoms with Gasteiger partial charge in [-0.1, -0.05) is 6.92 Å². The molecule has 5 heteroatoms. The highest BCUT2D eigenvalue weighted by Gasteiger charge is 2.28. The maximum Gasteiger partial charge on any atom is 0.254 e. The van der Waals surface area contributed by atoms with Crippen molar-refractivity contribution in [1.29, 1.82) is 0 Å². The van der Waals surface area contributed by atoms with Crippen LogP contribution in [0.3, 0.4) is 0 Å². The Bertz CT molecular complexity index is 132. The minimum Gasteiger partial charge on any atom is -0.348 e. The minimum atomic E-state index is -3.23. The highest BCUT2D eigenvalue weighted by molar-refractivity contribution is 7.58. The summed E-state index contributed by atoms with van der Waals surface area (Å²) in [5.74, 6) is 0. The fourth-order valence-electron chi connectivity index (χ4n) is 0.575. The van der Waals surface area contributed by atoms with E-state index in [2.05, 4.69) is 9.47 Å². The summed E-state index contributed by atoms with van der Waals surface area (Å²) in [6, 6.07) is -0.975. The number of hydrogen-bond donors (Lipinski definition) is 1. The molecule has 0 aromatic rings. The molecule has 0 fully saturated rings. The zero-order valence-electron chi connectivity index (χ0n) is 6.40. The van der Waals surface area contributed by atoms with Crippen molar-refractivity contribution >= 4 is 7.37 Å². The van der Waals surface area contributed by atoms with E-state index in [-0.39, 0.29) is 6.16 Å². The first kappa shape index (κ1) is 10.1. The van der Waals surface area contributed by atoms with Gasteiger partial charge in [0, 0.05) is 20.4 Å². The Morgan fingerprint density at radius 1 is 1.50 bits per heavy atom. The van der Waals surface area contributed by atoms with Gasteiger partial charge in [0.25, 0.3) is 7.37 Å². The molecule has 0 spiro atoms. The SMILES string of the molecule is CCP(=O)(O)C(OC)OC. The van der Waals surface area contributed by atoms with Crippen molar-refractivity contribution in [1.82, 2.24) is 0 Å². The number of methoxy groups -OCH3 is 2. The smallest absolute Gasteiger partial charge is 0.254 e. The zero-order valence-corrected chi connectivity index (χ0v) is 7.30. The fraction of sp³-hybridized carbons (Fsp3) is 1.00. The first-order chi connectivity index (χ1) is 4.58. The van der Waals surface area contributed by atoms with Gasteiger partial charge in [-0.25, -0.2) is 0 Å². The average Bonchev–Trinajstić information content (AvgIpc) is 1.90. The van der Waals surface area contributed by atoms with Crippen LogP contribution in [0.2, 0.25) is 0 Å². The van der Waals surface area contributed by atoms with Gasteiger partial charge in [0.1, 0.15) is 0 Å². The van der Waals surface area contributed by atoms with E-state index in [4.69, 9.17) is 4.89 Å². The Kier molecular flexibility index (Phi) is 4.13. The van der Waals surface area contributed by atoms with Gasteiger partial charge in [-0.05, 0) is 0 Å². The molecule has 0 aromatic carbocycles. The second kappa shape index (κ2) is 4.09. The molecule has 0 aliphatic rings. The highest BCUT2D eigenvalue weighted by Crippen LogP contribution is 2.45. The normalized spacial score (nSPS) is 17.3. The van der Waals surface area contributed by atoms with Crippen molar-refractivity contribution in [3.8, 4) is 0 Å². The largest absolute Gasteiger partial charge is 0.348 e. The third kappa shape index (κ3) is 2.39. The zero-order chi connectivity index (χ0) is 8.20. The molecular formula is C5H13O4P. The second-order valence-corrected chi connectivity index (χ2v) is 4.42. The summed E-state index contributed by atoms with van der Waals surface area (Å²) in [7, 11) is -0.548. The van der Waals surface area contributed by atoms with Crippen molar-refractivity contribution in [3.63, 3.8) is 0 Å². The number of ether oxygens (including phenoxy) is 2. The van der Waals surface area contributed by atoms with Gasteiger partial charge < -0.3 is 14.4 Å². The van der Waals surface area contributed by atoms with Crippen LogP contribution >= 0.6 is 7.37 Å². The van der Waals surface area contributed by atoms with Gasteiger partial charge >= 0.3 is 0 Å². The lowest BCUT2D eigenvalue weighted by atomic mass is 11.0. The van der Waals surface area contributed by atoms with E-state index in [0.717, 1.165) is 0 Å². The van der Waals surface area contributed by atoms with Crippen LogP contribution in [0.4, 0.5) is 0 Å². The molecule has 1 atom stereocenters. The summed E-state index contributed by atoms with van der Waals surface area (Å²) in [6.45, 7) is 1.62. The van der Waals surface area contributed by atoms with Crippen LogP contribution in [0, 0.1) is 0 Å². The van der Waals surface area contributed by atoms with Crippen LogP contribution in [-0.4, -0.2) is 31.3 Å². The van der Waals surface area contributed by atoms with E-state index in [1.165, 1.54) is 14.2 Å². The molecule has 10 heavy (non-hydrogen) atoms. The van der Waals surface area contributed by atoms with Crippen molar-refractivity contribution in [3.05, 3.63) is 0 Å². The maximum absolute atomic E-state index is 11.1. The Hall–Kier alpha value is 0.110. The quantitative estimate of drug-likeness (QED) is 0.499. The van der Waals surface area contributed by atoms with Crippen molar-refractivity contribution < 1.29 is 18.9 Å². The Morgan fingerprint density at radius 2 is 1.90 bits per heavy atom. The molecule has 0 saturated heterocycles. The minimum absolute atomic E-state index is 0.166. The van der Waals surface area contributed by atoms with Crippen LogP contribution in [-0.2, 0) is 14.0 Å². The molecular weight excluding hydrogens is 155 g/mol. The number of hydrogen-bond acceptors (Lipinski definition) is 3. The van der Waals surface area contributed by atoms with Gasteiger partial charge in [0.15, 0.2) is 0 Å². The molecule has 0 bridgehead atoms. The fourth-order valence-corrected chi connectivity index (χ4v) is 1.53. The lowest BCUT2D eigenvalue weighted by molar-refractivity contribution is -0.0493. The standard InChI is InChI=1S/C5H13O4P/c1-4-10(6,7)5(8-2)9-3/h5H,4H2,1-3H3,(H,6,7). The Balaban J connectivity index is 4.12. The molecule has 0 radical (unpaired) electrons. The predicted octanol–water partition coefficient (Wildman–Crippen LogP) is 0.853. The third-order valence-corrected chi connectivity index (χ3v) is 3.17. The third-order valence-electron chi connectivity index (χ3n) is 1.19. The van der Waals surface area contributed by atoms with E-state index in [1.54, 1.807) is 6.92 Å². The molecule has 62 valence electrons. The predicted molar refractivity (Wildman–Crippen MR) is 38.2 cm³/mol. The molecule has 0 amide bonds. The van der Waals surface area contributed by atoms with E-state index in [1.807, 2.05) is 0 Å². The van der Waals surface area contributed by atoms with Crippen LogP contribution in [0.25, 0.3) is 0 Å². The van der Waals surface area contributed by atoms with Gasteiger partial charge in [0.05, 0.1) is 0 Å². The van der Waals surface area contributed by atoms with Crippen molar-refractivity contribution in [2.75, 3.05) is 20.4 Å². The van der Waals surface area contributed by atoms with E-state index in [0.29, 0.717) is 0 Å². The van der Waals surface area contributed by atoms with Crippen molar-refractivity contribution in [2.45, 2.75) is 13.0 Å². The molecule has 0 aromatic heterocycles. The van der Waals surface area contributed by atoms with Crippen LogP contribution < -0.4 is 0 Å². The number of rotatable bonds is 4. The molecule has 0 rings (SSSR count). The van der Waals surface area contributed by atoms with E-state index < -0.39 is 13.4 Å². The molecule has 0 aliphatic carbocycles. The monoisotopic (exact) mass is 168 g/mol. The summed E-state index contributed by atoms with van der Waals surface area (Å²) in [5, 5.41) is 0. The van der Waals surface area contributed by atoms with Gasteiger partial charge in [-0.15, -0.1) is 0 Å². The summed E-state index contributed by atoms with van der Waals surface area (Å²) < 4.78 is 20.3.